The van der Waals surface area contributed by atoms with Crippen LogP contribution in [-0.4, -0.2) is 41.8 Å². The number of carbonyl (C=O) groups excluding carboxylic acids is 2. The standard InChI is InChI=1S/C17H27NO4/c1-4-17(9-5-6-10-17)22-16(20)18-11-7-14(8-12-18)21-15(19)13(2)3/h14H,2,4-12H2,1,3H3. The van der Waals surface area contributed by atoms with E-state index >= 15 is 0 Å². The van der Waals surface area contributed by atoms with E-state index in [1.54, 1.807) is 11.8 Å². The molecule has 0 unspecified atom stereocenters. The molecule has 1 saturated carbocycles. The average Bonchev–Trinajstić information content (AvgIpc) is 2.97. The molecule has 0 bridgehead atoms. The molecule has 1 heterocycles. The third-order valence-corrected chi connectivity index (χ3v) is 4.79. The minimum absolute atomic E-state index is 0.125. The molecule has 1 aliphatic carbocycles. The number of hydrogen-bond donors (Lipinski definition) is 0. The molecule has 0 aromatic heterocycles. The molecule has 5 heteroatoms. The summed E-state index contributed by atoms with van der Waals surface area (Å²) in [6.45, 7) is 8.46. The van der Waals surface area contributed by atoms with Gasteiger partial charge in [-0.1, -0.05) is 13.5 Å². The molecule has 5 nitrogen and oxygen atoms in total. The molecule has 1 aliphatic heterocycles. The van der Waals surface area contributed by atoms with Crippen molar-refractivity contribution in [1.82, 2.24) is 4.90 Å². The van der Waals surface area contributed by atoms with Gasteiger partial charge in [0.2, 0.25) is 0 Å². The van der Waals surface area contributed by atoms with Crippen molar-refractivity contribution in [2.75, 3.05) is 13.1 Å². The Labute approximate surface area is 132 Å². The van der Waals surface area contributed by atoms with E-state index in [2.05, 4.69) is 13.5 Å². The van der Waals surface area contributed by atoms with Crippen LogP contribution in [-0.2, 0) is 14.3 Å². The maximum atomic E-state index is 12.3. The molecule has 0 aromatic rings. The van der Waals surface area contributed by atoms with Gasteiger partial charge in [-0.25, -0.2) is 9.59 Å². The average molecular weight is 309 g/mol. The highest BCUT2D eigenvalue weighted by molar-refractivity contribution is 5.87. The summed E-state index contributed by atoms with van der Waals surface area (Å²) in [6.07, 6.45) is 6.09. The summed E-state index contributed by atoms with van der Waals surface area (Å²) in [6, 6.07) is 0. The van der Waals surface area contributed by atoms with E-state index in [1.165, 1.54) is 0 Å². The lowest BCUT2D eigenvalue weighted by Crippen LogP contribution is -2.45. The van der Waals surface area contributed by atoms with Gasteiger partial charge in [-0.3, -0.25) is 0 Å². The molecular weight excluding hydrogens is 282 g/mol. The lowest BCUT2D eigenvalue weighted by molar-refractivity contribution is -0.146. The molecular formula is C17H27NO4. The molecule has 1 amide bonds. The highest BCUT2D eigenvalue weighted by Gasteiger charge is 2.38. The Kier molecular flexibility index (Phi) is 5.48. The summed E-state index contributed by atoms with van der Waals surface area (Å²) in [4.78, 5) is 25.6. The maximum absolute atomic E-state index is 12.3. The third-order valence-electron chi connectivity index (χ3n) is 4.79. The minimum Gasteiger partial charge on any atom is -0.459 e. The molecule has 0 radical (unpaired) electrons. The molecule has 0 aromatic carbocycles. The first-order chi connectivity index (χ1) is 10.5. The van der Waals surface area contributed by atoms with Crippen molar-refractivity contribution in [2.24, 2.45) is 0 Å². The molecule has 1 saturated heterocycles. The number of ether oxygens (including phenoxy) is 2. The predicted molar refractivity (Wildman–Crippen MR) is 83.5 cm³/mol. The van der Waals surface area contributed by atoms with Crippen LogP contribution in [0.25, 0.3) is 0 Å². The monoisotopic (exact) mass is 309 g/mol. The zero-order valence-corrected chi connectivity index (χ0v) is 13.7. The number of likely N-dealkylation sites (tertiary alicyclic amines) is 1. The van der Waals surface area contributed by atoms with Crippen LogP contribution in [0.1, 0.15) is 58.8 Å². The Hall–Kier alpha value is -1.52. The van der Waals surface area contributed by atoms with Crippen molar-refractivity contribution in [3.63, 3.8) is 0 Å². The Bertz CT molecular complexity index is 432. The molecule has 2 fully saturated rings. The quantitative estimate of drug-likeness (QED) is 0.590. The number of piperidine rings is 1. The van der Waals surface area contributed by atoms with Crippen LogP contribution in [0.15, 0.2) is 12.2 Å². The molecule has 124 valence electrons. The van der Waals surface area contributed by atoms with Gasteiger partial charge in [-0.2, -0.15) is 0 Å². The van der Waals surface area contributed by atoms with Gasteiger partial charge in [0.25, 0.3) is 0 Å². The summed E-state index contributed by atoms with van der Waals surface area (Å²) in [7, 11) is 0. The fourth-order valence-corrected chi connectivity index (χ4v) is 3.21. The van der Waals surface area contributed by atoms with E-state index in [4.69, 9.17) is 9.47 Å². The first-order valence-electron chi connectivity index (χ1n) is 8.30. The first-order valence-corrected chi connectivity index (χ1v) is 8.30. The minimum atomic E-state index is -0.350. The van der Waals surface area contributed by atoms with Gasteiger partial charge >= 0.3 is 12.1 Å². The number of carbonyl (C=O) groups is 2. The Morgan fingerprint density at radius 2 is 1.82 bits per heavy atom. The zero-order chi connectivity index (χ0) is 16.2. The van der Waals surface area contributed by atoms with Gasteiger partial charge in [0.15, 0.2) is 0 Å². The van der Waals surface area contributed by atoms with Crippen LogP contribution in [0.5, 0.6) is 0 Å². The van der Waals surface area contributed by atoms with Crippen LogP contribution in [0.2, 0.25) is 0 Å². The second-order valence-electron chi connectivity index (χ2n) is 6.48. The van der Waals surface area contributed by atoms with Gasteiger partial charge in [0.05, 0.1) is 0 Å². The van der Waals surface area contributed by atoms with Gasteiger partial charge in [0.1, 0.15) is 11.7 Å². The summed E-state index contributed by atoms with van der Waals surface area (Å²) >= 11 is 0. The van der Waals surface area contributed by atoms with Crippen molar-refractivity contribution < 1.29 is 19.1 Å². The van der Waals surface area contributed by atoms with E-state index < -0.39 is 0 Å². The molecule has 22 heavy (non-hydrogen) atoms. The molecule has 0 N–H and O–H groups in total. The van der Waals surface area contributed by atoms with E-state index in [1.807, 2.05) is 0 Å². The van der Waals surface area contributed by atoms with Crippen LogP contribution >= 0.6 is 0 Å². The SMILES string of the molecule is C=C(C)C(=O)OC1CCN(C(=O)OC2(CC)CCCC2)CC1. The van der Waals surface area contributed by atoms with Gasteiger partial charge in [0, 0.05) is 31.5 Å². The Balaban J connectivity index is 1.80. The number of amides is 1. The summed E-state index contributed by atoms with van der Waals surface area (Å²) in [5.74, 6) is -0.350. The number of hydrogen-bond acceptors (Lipinski definition) is 4. The second kappa shape index (κ2) is 7.16. The van der Waals surface area contributed by atoms with Crippen molar-refractivity contribution in [2.45, 2.75) is 70.5 Å². The topological polar surface area (TPSA) is 55.8 Å². The zero-order valence-electron chi connectivity index (χ0n) is 13.7. The van der Waals surface area contributed by atoms with Crippen LogP contribution in [0.4, 0.5) is 4.79 Å². The van der Waals surface area contributed by atoms with Gasteiger partial charge in [-0.05, 0) is 39.0 Å². The van der Waals surface area contributed by atoms with Gasteiger partial charge in [-0.15, -0.1) is 0 Å². The van der Waals surface area contributed by atoms with E-state index in [0.29, 0.717) is 31.5 Å². The van der Waals surface area contributed by atoms with E-state index in [9.17, 15) is 9.59 Å². The first kappa shape index (κ1) is 16.8. The van der Waals surface area contributed by atoms with Crippen LogP contribution in [0.3, 0.4) is 0 Å². The van der Waals surface area contributed by atoms with E-state index in [0.717, 1.165) is 32.1 Å². The number of esters is 1. The fraction of sp³-hybridized carbons (Fsp3) is 0.765. The van der Waals surface area contributed by atoms with Crippen molar-refractivity contribution in [3.8, 4) is 0 Å². The highest BCUT2D eigenvalue weighted by Crippen LogP contribution is 2.36. The molecule has 0 atom stereocenters. The van der Waals surface area contributed by atoms with Crippen molar-refractivity contribution >= 4 is 12.1 Å². The van der Waals surface area contributed by atoms with Crippen LogP contribution in [0, 0.1) is 0 Å². The lowest BCUT2D eigenvalue weighted by atomic mass is 9.99. The second-order valence-corrected chi connectivity index (χ2v) is 6.48. The third kappa shape index (κ3) is 4.02. The molecule has 0 spiro atoms. The largest absolute Gasteiger partial charge is 0.459 e. The Morgan fingerprint density at radius 1 is 1.23 bits per heavy atom. The predicted octanol–water partition coefficient (Wildman–Crippen LogP) is 3.43. The normalized spacial score (nSPS) is 21.5. The Morgan fingerprint density at radius 3 is 2.32 bits per heavy atom. The maximum Gasteiger partial charge on any atom is 0.410 e. The molecule has 2 aliphatic rings. The fourth-order valence-electron chi connectivity index (χ4n) is 3.21. The highest BCUT2D eigenvalue weighted by atomic mass is 16.6. The smallest absolute Gasteiger partial charge is 0.410 e. The van der Waals surface area contributed by atoms with Crippen molar-refractivity contribution in [1.29, 1.82) is 0 Å². The van der Waals surface area contributed by atoms with E-state index in [-0.39, 0.29) is 23.8 Å². The molecule has 2 rings (SSSR count). The summed E-state index contributed by atoms with van der Waals surface area (Å²) in [5, 5.41) is 0. The number of rotatable bonds is 4. The van der Waals surface area contributed by atoms with Gasteiger partial charge < -0.3 is 14.4 Å². The van der Waals surface area contributed by atoms with Crippen LogP contribution < -0.4 is 0 Å². The summed E-state index contributed by atoms with van der Waals surface area (Å²) < 4.78 is 11.1. The summed E-state index contributed by atoms with van der Waals surface area (Å²) in [5.41, 5.74) is 0.160. The van der Waals surface area contributed by atoms with Crippen molar-refractivity contribution in [3.05, 3.63) is 12.2 Å². The number of nitrogens with zero attached hydrogens (tertiary/aromatic N) is 1. The lowest BCUT2D eigenvalue weighted by Gasteiger charge is -2.35.